The predicted octanol–water partition coefficient (Wildman–Crippen LogP) is 3.30. The lowest BCUT2D eigenvalue weighted by Gasteiger charge is -2.10. The van der Waals surface area contributed by atoms with E-state index in [-0.39, 0.29) is 21.8 Å². The molecule has 152 valence electrons. The fourth-order valence-electron chi connectivity index (χ4n) is 2.32. The van der Waals surface area contributed by atoms with Gasteiger partial charge in [-0.2, -0.15) is 5.26 Å². The number of aliphatic imine (C=N–C) groups is 1. The molecule has 0 bridgehead atoms. The van der Waals surface area contributed by atoms with Gasteiger partial charge in [0.15, 0.2) is 11.5 Å². The van der Waals surface area contributed by atoms with E-state index < -0.39 is 18.6 Å². The number of halogens is 2. The Morgan fingerprint density at radius 1 is 1.20 bits per heavy atom. The highest BCUT2D eigenvalue weighted by Gasteiger charge is 2.19. The van der Waals surface area contributed by atoms with Crippen molar-refractivity contribution in [1.29, 1.82) is 5.26 Å². The van der Waals surface area contributed by atoms with Crippen molar-refractivity contribution in [1.82, 2.24) is 10.3 Å². The Morgan fingerprint density at radius 3 is 2.73 bits per heavy atom. The summed E-state index contributed by atoms with van der Waals surface area (Å²) in [4.78, 5) is 16.2. The van der Waals surface area contributed by atoms with Crippen LogP contribution in [0.1, 0.15) is 11.3 Å². The van der Waals surface area contributed by atoms with Crippen molar-refractivity contribution in [2.75, 3.05) is 22.7 Å². The van der Waals surface area contributed by atoms with Gasteiger partial charge in [-0.05, 0) is 62.6 Å². The molecule has 0 fully saturated rings. The van der Waals surface area contributed by atoms with Gasteiger partial charge in [0.25, 0.3) is 0 Å². The third-order valence-corrected chi connectivity index (χ3v) is 4.21. The van der Waals surface area contributed by atoms with Crippen LogP contribution in [-0.4, -0.2) is 34.0 Å². The molecular formula is C18H13BrFN7O3. The molecule has 0 aliphatic rings. The van der Waals surface area contributed by atoms with Crippen molar-refractivity contribution in [2.24, 2.45) is 4.99 Å². The van der Waals surface area contributed by atoms with Crippen LogP contribution in [0, 0.1) is 17.1 Å². The molecular weight excluding hydrogens is 461 g/mol. The van der Waals surface area contributed by atoms with Crippen LogP contribution in [0.5, 0.6) is 0 Å². The van der Waals surface area contributed by atoms with E-state index in [1.165, 1.54) is 24.3 Å². The van der Waals surface area contributed by atoms with Gasteiger partial charge in [-0.3, -0.25) is 5.32 Å². The monoisotopic (exact) mass is 473 g/mol. The summed E-state index contributed by atoms with van der Waals surface area (Å²) >= 11 is 3.08. The molecule has 0 unspecified atom stereocenters. The van der Waals surface area contributed by atoms with Crippen molar-refractivity contribution >= 4 is 45.0 Å². The number of rotatable bonds is 5. The highest BCUT2D eigenvalue weighted by molar-refractivity contribution is 9.10. The Kier molecular flexibility index (Phi) is 6.68. The molecule has 0 radical (unpaired) electrons. The lowest BCUT2D eigenvalue weighted by Crippen LogP contribution is -2.23. The maximum atomic E-state index is 13.4. The third kappa shape index (κ3) is 5.16. The van der Waals surface area contributed by atoms with Gasteiger partial charge < -0.3 is 15.7 Å². The van der Waals surface area contributed by atoms with Crippen LogP contribution in [0.25, 0.3) is 0 Å². The van der Waals surface area contributed by atoms with Crippen LogP contribution in [0.15, 0.2) is 56.6 Å². The van der Waals surface area contributed by atoms with Crippen molar-refractivity contribution < 1.29 is 18.9 Å². The summed E-state index contributed by atoms with van der Waals surface area (Å²) in [5, 5.41) is 33.3. The summed E-state index contributed by atoms with van der Waals surface area (Å²) in [5.41, 5.74) is 1.21. The first-order chi connectivity index (χ1) is 14.5. The zero-order valence-corrected chi connectivity index (χ0v) is 16.6. The molecule has 0 saturated carbocycles. The molecule has 3 aromatic rings. The van der Waals surface area contributed by atoms with Gasteiger partial charge in [0.1, 0.15) is 12.5 Å². The van der Waals surface area contributed by atoms with E-state index in [1.807, 2.05) is 6.07 Å². The molecule has 10 nitrogen and oxygen atoms in total. The summed E-state index contributed by atoms with van der Waals surface area (Å²) in [5.74, 6) is -0.507. The summed E-state index contributed by atoms with van der Waals surface area (Å²) in [7, 11) is 0. The van der Waals surface area contributed by atoms with Crippen LogP contribution in [-0.2, 0) is 0 Å². The minimum atomic E-state index is -0.671. The van der Waals surface area contributed by atoms with E-state index >= 15 is 0 Å². The standard InChI is InChI=1S/C18H13BrFN7O3/c19-13-7-12(4-5-14(13)20)23-16(22-9-28)15-17(27-30-26-15)25-18(29)24-11-3-1-2-10(6-11)8-21/h1-7,28H,9H2,(H,22,23)(H2,24,25,27,29). The Balaban J connectivity index is 1.77. The van der Waals surface area contributed by atoms with E-state index in [0.29, 0.717) is 16.9 Å². The molecule has 4 N–H and O–H groups in total. The van der Waals surface area contributed by atoms with Crippen molar-refractivity contribution in [3.63, 3.8) is 0 Å². The predicted molar refractivity (Wildman–Crippen MR) is 109 cm³/mol. The molecule has 0 spiro atoms. The molecule has 1 aromatic heterocycles. The topological polar surface area (TPSA) is 148 Å². The number of aliphatic hydroxyl groups excluding tert-OH is 1. The number of hydrogen-bond acceptors (Lipinski definition) is 7. The first-order valence-corrected chi connectivity index (χ1v) is 9.08. The second-order valence-electron chi connectivity index (χ2n) is 5.64. The van der Waals surface area contributed by atoms with Gasteiger partial charge in [0.2, 0.25) is 5.82 Å². The minimum Gasteiger partial charge on any atom is -0.374 e. The van der Waals surface area contributed by atoms with Crippen molar-refractivity contribution in [2.45, 2.75) is 0 Å². The second kappa shape index (κ2) is 9.59. The highest BCUT2D eigenvalue weighted by atomic mass is 79.9. The Labute approximate surface area is 177 Å². The SMILES string of the molecule is N#Cc1cccc(NC(=O)Nc2nonc2C(=NCO)Nc2ccc(F)c(Br)c2)c1. The fourth-order valence-corrected chi connectivity index (χ4v) is 2.70. The zero-order valence-electron chi connectivity index (χ0n) is 15.1. The number of anilines is 3. The number of aromatic nitrogens is 2. The van der Waals surface area contributed by atoms with Crippen LogP contribution in [0.2, 0.25) is 0 Å². The number of carbonyl (C=O) groups excluding carboxylic acids is 1. The maximum Gasteiger partial charge on any atom is 0.325 e. The van der Waals surface area contributed by atoms with Crippen molar-refractivity contribution in [3.05, 3.63) is 64.0 Å². The number of nitrogens with one attached hydrogen (secondary N) is 3. The van der Waals surface area contributed by atoms with Gasteiger partial charge in [0.05, 0.1) is 16.1 Å². The minimum absolute atomic E-state index is 0.00502. The molecule has 0 aliphatic carbocycles. The maximum absolute atomic E-state index is 13.4. The van der Waals surface area contributed by atoms with Crippen LogP contribution >= 0.6 is 15.9 Å². The average Bonchev–Trinajstić information content (AvgIpc) is 3.18. The summed E-state index contributed by atoms with van der Waals surface area (Å²) in [6.07, 6.45) is 0. The number of aliphatic hydroxyl groups is 1. The van der Waals surface area contributed by atoms with E-state index in [1.54, 1.807) is 18.2 Å². The molecule has 12 heteroatoms. The number of amidine groups is 1. The first-order valence-electron chi connectivity index (χ1n) is 8.28. The lowest BCUT2D eigenvalue weighted by atomic mass is 10.2. The summed E-state index contributed by atoms with van der Waals surface area (Å²) < 4.78 is 18.3. The molecule has 30 heavy (non-hydrogen) atoms. The van der Waals surface area contributed by atoms with E-state index in [0.717, 1.165) is 0 Å². The smallest absolute Gasteiger partial charge is 0.325 e. The number of urea groups is 1. The Bertz CT molecular complexity index is 1140. The second-order valence-corrected chi connectivity index (χ2v) is 6.49. The Hall–Kier alpha value is -3.82. The molecule has 2 amide bonds. The molecule has 0 aliphatic heterocycles. The highest BCUT2D eigenvalue weighted by Crippen LogP contribution is 2.21. The van der Waals surface area contributed by atoms with Gasteiger partial charge >= 0.3 is 6.03 Å². The van der Waals surface area contributed by atoms with Crippen LogP contribution in [0.4, 0.5) is 26.4 Å². The van der Waals surface area contributed by atoms with Crippen molar-refractivity contribution in [3.8, 4) is 6.07 Å². The number of nitrogens with zero attached hydrogens (tertiary/aromatic N) is 4. The normalized spacial score (nSPS) is 10.9. The quantitative estimate of drug-likeness (QED) is 0.328. The molecule has 1 heterocycles. The first kappa shape index (κ1) is 20.9. The average molecular weight is 474 g/mol. The molecule has 0 saturated heterocycles. The summed E-state index contributed by atoms with van der Waals surface area (Å²) in [6.45, 7) is -0.593. The molecule has 0 atom stereocenters. The van der Waals surface area contributed by atoms with E-state index in [4.69, 9.17) is 5.26 Å². The van der Waals surface area contributed by atoms with Gasteiger partial charge in [0, 0.05) is 11.4 Å². The number of hydrogen-bond donors (Lipinski definition) is 4. The number of carbonyl (C=O) groups is 1. The van der Waals surface area contributed by atoms with E-state index in [9.17, 15) is 14.3 Å². The fraction of sp³-hybridized carbons (Fsp3) is 0.0556. The zero-order chi connectivity index (χ0) is 21.5. The lowest BCUT2D eigenvalue weighted by molar-refractivity contribution is 0.261. The van der Waals surface area contributed by atoms with Gasteiger partial charge in [-0.1, -0.05) is 6.07 Å². The third-order valence-electron chi connectivity index (χ3n) is 3.61. The number of amides is 2. The van der Waals surface area contributed by atoms with Gasteiger partial charge in [-0.25, -0.2) is 18.8 Å². The van der Waals surface area contributed by atoms with Crippen LogP contribution in [0.3, 0.4) is 0 Å². The Morgan fingerprint density at radius 2 is 2.00 bits per heavy atom. The molecule has 2 aromatic carbocycles. The molecule has 3 rings (SSSR count). The summed E-state index contributed by atoms with van der Waals surface area (Å²) in [6, 6.07) is 11.7. The number of nitriles is 1. The van der Waals surface area contributed by atoms with E-state index in [2.05, 4.69) is 51.8 Å². The van der Waals surface area contributed by atoms with Crippen LogP contribution < -0.4 is 16.0 Å². The largest absolute Gasteiger partial charge is 0.374 e. The number of benzene rings is 2. The van der Waals surface area contributed by atoms with Gasteiger partial charge in [-0.15, -0.1) is 0 Å².